The summed E-state index contributed by atoms with van der Waals surface area (Å²) in [4.78, 5) is 1.50. The lowest BCUT2D eigenvalue weighted by molar-refractivity contribution is -0.106. The maximum atomic E-state index is 6.23. The van der Waals surface area contributed by atoms with Crippen LogP contribution in [-0.2, 0) is 11.2 Å². The molecular formula is C16H25NOS2. The normalized spacial score (nSPS) is 27.6. The molecule has 3 rings (SSSR count). The first kappa shape index (κ1) is 14.9. The third-order valence-electron chi connectivity index (χ3n) is 4.88. The highest BCUT2D eigenvalue weighted by molar-refractivity contribution is 7.99. The number of likely N-dealkylation sites (N-methyl/N-ethyl adjacent to an activating group) is 1. The number of ether oxygens (including phenoxy) is 1. The largest absolute Gasteiger partial charge is 0.375 e. The Hall–Kier alpha value is -0.0300. The van der Waals surface area contributed by atoms with Crippen LogP contribution in [0, 0.1) is 5.92 Å². The van der Waals surface area contributed by atoms with Gasteiger partial charge < -0.3 is 10.1 Å². The molecule has 0 aromatic carbocycles. The molecule has 20 heavy (non-hydrogen) atoms. The molecule has 2 unspecified atom stereocenters. The molecule has 1 aromatic heterocycles. The standard InChI is InChI=1S/C16H25NOS2/c1-17-15(11-14-3-2-8-20-14)13-4-7-18-16(12-13)5-9-19-10-6-16/h2-3,8,13,15,17H,4-7,9-12H2,1H3. The van der Waals surface area contributed by atoms with E-state index in [4.69, 9.17) is 4.74 Å². The molecule has 0 radical (unpaired) electrons. The van der Waals surface area contributed by atoms with E-state index in [1.807, 2.05) is 11.3 Å². The first-order valence-corrected chi connectivity index (χ1v) is 9.76. The first-order valence-electron chi connectivity index (χ1n) is 7.73. The molecule has 0 amide bonds. The van der Waals surface area contributed by atoms with Crippen LogP contribution in [0.5, 0.6) is 0 Å². The van der Waals surface area contributed by atoms with Crippen molar-refractivity contribution in [2.75, 3.05) is 25.2 Å². The molecule has 0 bridgehead atoms. The Kier molecular flexibility index (Phi) is 5.08. The van der Waals surface area contributed by atoms with E-state index in [1.54, 1.807) is 0 Å². The summed E-state index contributed by atoms with van der Waals surface area (Å²) in [6, 6.07) is 5.03. The van der Waals surface area contributed by atoms with E-state index in [2.05, 4.69) is 41.6 Å². The van der Waals surface area contributed by atoms with Gasteiger partial charge in [-0.05, 0) is 68.0 Å². The summed E-state index contributed by atoms with van der Waals surface area (Å²) in [7, 11) is 2.12. The van der Waals surface area contributed by atoms with E-state index in [-0.39, 0.29) is 5.60 Å². The van der Waals surface area contributed by atoms with Crippen molar-refractivity contribution in [3.8, 4) is 0 Å². The lowest BCUT2D eigenvalue weighted by atomic mass is 9.78. The molecule has 2 nitrogen and oxygen atoms in total. The molecule has 2 aliphatic rings. The number of rotatable bonds is 4. The number of nitrogens with one attached hydrogen (secondary N) is 1. The Labute approximate surface area is 130 Å². The summed E-state index contributed by atoms with van der Waals surface area (Å²) in [5.41, 5.74) is 0.207. The molecule has 0 aliphatic carbocycles. The molecule has 1 spiro atoms. The summed E-state index contributed by atoms with van der Waals surface area (Å²) < 4.78 is 6.23. The fraction of sp³-hybridized carbons (Fsp3) is 0.750. The molecule has 2 aliphatic heterocycles. The Morgan fingerprint density at radius 2 is 2.30 bits per heavy atom. The second-order valence-corrected chi connectivity index (χ2v) is 8.33. The fourth-order valence-corrected chi connectivity index (χ4v) is 5.65. The van der Waals surface area contributed by atoms with Crippen molar-refractivity contribution in [1.29, 1.82) is 0 Å². The topological polar surface area (TPSA) is 21.3 Å². The SMILES string of the molecule is CNC(Cc1cccs1)C1CCOC2(CCSCC2)C1. The predicted octanol–water partition coefficient (Wildman–Crippen LogP) is 3.57. The average Bonchev–Trinajstić information content (AvgIpc) is 2.98. The van der Waals surface area contributed by atoms with E-state index in [0.29, 0.717) is 6.04 Å². The Morgan fingerprint density at radius 3 is 3.00 bits per heavy atom. The summed E-state index contributed by atoms with van der Waals surface area (Å²) in [5.74, 6) is 3.32. The van der Waals surface area contributed by atoms with Gasteiger partial charge in [0.25, 0.3) is 0 Å². The third kappa shape index (κ3) is 3.41. The molecular weight excluding hydrogens is 286 g/mol. The molecule has 3 heterocycles. The zero-order valence-electron chi connectivity index (χ0n) is 12.3. The van der Waals surface area contributed by atoms with Crippen molar-refractivity contribution in [1.82, 2.24) is 5.32 Å². The maximum absolute atomic E-state index is 6.23. The zero-order chi connectivity index (χ0) is 13.8. The van der Waals surface area contributed by atoms with Crippen LogP contribution in [0.2, 0.25) is 0 Å². The lowest BCUT2D eigenvalue weighted by Crippen LogP contribution is -2.48. The molecule has 4 heteroatoms. The van der Waals surface area contributed by atoms with Gasteiger partial charge >= 0.3 is 0 Å². The minimum Gasteiger partial charge on any atom is -0.375 e. The van der Waals surface area contributed by atoms with Crippen LogP contribution in [0.3, 0.4) is 0 Å². The fourth-order valence-electron chi connectivity index (χ4n) is 3.65. The molecule has 112 valence electrons. The smallest absolute Gasteiger partial charge is 0.0701 e. The van der Waals surface area contributed by atoms with Crippen molar-refractivity contribution >= 4 is 23.1 Å². The van der Waals surface area contributed by atoms with Crippen molar-refractivity contribution in [3.63, 3.8) is 0 Å². The van der Waals surface area contributed by atoms with Crippen molar-refractivity contribution in [3.05, 3.63) is 22.4 Å². The van der Waals surface area contributed by atoms with Gasteiger partial charge in [-0.15, -0.1) is 11.3 Å². The van der Waals surface area contributed by atoms with Crippen LogP contribution in [0.25, 0.3) is 0 Å². The number of hydrogen-bond acceptors (Lipinski definition) is 4. The molecule has 2 atom stereocenters. The maximum Gasteiger partial charge on any atom is 0.0701 e. The molecule has 2 fully saturated rings. The average molecular weight is 312 g/mol. The molecule has 2 saturated heterocycles. The molecule has 1 N–H and O–H groups in total. The first-order chi connectivity index (χ1) is 9.81. The summed E-state index contributed by atoms with van der Waals surface area (Å²) in [6.45, 7) is 0.956. The zero-order valence-corrected chi connectivity index (χ0v) is 13.9. The van der Waals surface area contributed by atoms with Crippen LogP contribution in [0.15, 0.2) is 17.5 Å². The number of hydrogen-bond donors (Lipinski definition) is 1. The highest BCUT2D eigenvalue weighted by Crippen LogP contribution is 2.41. The van der Waals surface area contributed by atoms with E-state index >= 15 is 0 Å². The van der Waals surface area contributed by atoms with Crippen LogP contribution < -0.4 is 5.32 Å². The van der Waals surface area contributed by atoms with E-state index in [1.165, 1.54) is 48.5 Å². The Balaban J connectivity index is 1.65. The van der Waals surface area contributed by atoms with Gasteiger partial charge in [-0.1, -0.05) is 6.07 Å². The number of thioether (sulfide) groups is 1. The Morgan fingerprint density at radius 1 is 1.45 bits per heavy atom. The van der Waals surface area contributed by atoms with Crippen LogP contribution in [-0.4, -0.2) is 36.8 Å². The third-order valence-corrected chi connectivity index (χ3v) is 6.76. The molecule has 0 saturated carbocycles. The highest BCUT2D eigenvalue weighted by atomic mass is 32.2. The van der Waals surface area contributed by atoms with Gasteiger partial charge in [-0.25, -0.2) is 0 Å². The van der Waals surface area contributed by atoms with E-state index < -0.39 is 0 Å². The second-order valence-electron chi connectivity index (χ2n) is 6.08. The van der Waals surface area contributed by atoms with Crippen LogP contribution in [0.4, 0.5) is 0 Å². The lowest BCUT2D eigenvalue weighted by Gasteiger charge is -2.45. The second kappa shape index (κ2) is 6.82. The van der Waals surface area contributed by atoms with Crippen molar-refractivity contribution in [2.24, 2.45) is 5.92 Å². The monoisotopic (exact) mass is 311 g/mol. The van der Waals surface area contributed by atoms with Gasteiger partial charge in [0, 0.05) is 17.5 Å². The van der Waals surface area contributed by atoms with Gasteiger partial charge in [0.2, 0.25) is 0 Å². The van der Waals surface area contributed by atoms with Gasteiger partial charge in [-0.2, -0.15) is 11.8 Å². The quantitative estimate of drug-likeness (QED) is 0.918. The summed E-state index contributed by atoms with van der Waals surface area (Å²) in [5, 5.41) is 5.76. The van der Waals surface area contributed by atoms with Crippen molar-refractivity contribution < 1.29 is 4.74 Å². The minimum absolute atomic E-state index is 0.207. The minimum atomic E-state index is 0.207. The van der Waals surface area contributed by atoms with E-state index in [9.17, 15) is 0 Å². The Bertz CT molecular complexity index is 395. The summed E-state index contributed by atoms with van der Waals surface area (Å²) in [6.07, 6.45) is 6.15. The van der Waals surface area contributed by atoms with Crippen molar-refractivity contribution in [2.45, 2.75) is 43.7 Å². The number of thiophene rings is 1. The van der Waals surface area contributed by atoms with Crippen LogP contribution >= 0.6 is 23.1 Å². The van der Waals surface area contributed by atoms with Gasteiger partial charge in [0.15, 0.2) is 0 Å². The predicted molar refractivity (Wildman–Crippen MR) is 88.8 cm³/mol. The summed E-state index contributed by atoms with van der Waals surface area (Å²) >= 11 is 3.97. The van der Waals surface area contributed by atoms with Gasteiger partial charge in [0.05, 0.1) is 5.60 Å². The van der Waals surface area contributed by atoms with E-state index in [0.717, 1.165) is 12.5 Å². The van der Waals surface area contributed by atoms with Gasteiger partial charge in [0.1, 0.15) is 0 Å². The highest BCUT2D eigenvalue weighted by Gasteiger charge is 2.40. The van der Waals surface area contributed by atoms with Crippen LogP contribution in [0.1, 0.15) is 30.6 Å². The van der Waals surface area contributed by atoms with Gasteiger partial charge in [-0.3, -0.25) is 0 Å². The molecule has 1 aromatic rings.